The minimum absolute atomic E-state index is 0.0548. The highest BCUT2D eigenvalue weighted by Crippen LogP contribution is 2.31. The summed E-state index contributed by atoms with van der Waals surface area (Å²) in [5, 5.41) is 2.27. The van der Waals surface area contributed by atoms with Crippen molar-refractivity contribution >= 4 is 40.9 Å². The van der Waals surface area contributed by atoms with E-state index in [0.717, 1.165) is 22.2 Å². The Morgan fingerprint density at radius 1 is 1.07 bits per heavy atom. The molecule has 0 unspecified atom stereocenters. The van der Waals surface area contributed by atoms with Crippen LogP contribution < -0.4 is 5.32 Å². The lowest BCUT2D eigenvalue weighted by Gasteiger charge is -2.13. The van der Waals surface area contributed by atoms with Crippen molar-refractivity contribution in [3.05, 3.63) is 76.2 Å². The van der Waals surface area contributed by atoms with E-state index in [1.165, 1.54) is 13.2 Å². The number of hydrogen-bond acceptors (Lipinski definition) is 6. The monoisotopic (exact) mass is 410 g/mol. The van der Waals surface area contributed by atoms with Crippen LogP contribution in [0.3, 0.4) is 0 Å². The SMILES string of the molecule is COC(=O)c1cccc(C(=O)NCCN2C(=O)S/C(=C\c3ccccc3)C2=O)c1. The minimum Gasteiger partial charge on any atom is -0.465 e. The zero-order valence-electron chi connectivity index (χ0n) is 15.6. The second kappa shape index (κ2) is 9.20. The zero-order valence-corrected chi connectivity index (χ0v) is 16.4. The van der Waals surface area contributed by atoms with Gasteiger partial charge in [-0.2, -0.15) is 0 Å². The Hall–Kier alpha value is -3.39. The van der Waals surface area contributed by atoms with Crippen LogP contribution in [-0.4, -0.2) is 48.1 Å². The second-order valence-electron chi connectivity index (χ2n) is 6.07. The van der Waals surface area contributed by atoms with Crippen LogP contribution in [0.4, 0.5) is 4.79 Å². The molecule has 1 N–H and O–H groups in total. The van der Waals surface area contributed by atoms with Crippen LogP contribution in [0.15, 0.2) is 59.5 Å². The number of benzene rings is 2. The number of thioether (sulfide) groups is 1. The second-order valence-corrected chi connectivity index (χ2v) is 7.07. The zero-order chi connectivity index (χ0) is 20.8. The molecule has 148 valence electrons. The average molecular weight is 410 g/mol. The summed E-state index contributed by atoms with van der Waals surface area (Å²) < 4.78 is 4.64. The number of ether oxygens (including phenoxy) is 1. The quantitative estimate of drug-likeness (QED) is 0.581. The smallest absolute Gasteiger partial charge is 0.337 e. The molecule has 1 saturated heterocycles. The molecule has 1 heterocycles. The van der Waals surface area contributed by atoms with E-state index in [0.29, 0.717) is 4.91 Å². The van der Waals surface area contributed by atoms with Crippen LogP contribution in [0.1, 0.15) is 26.3 Å². The van der Waals surface area contributed by atoms with E-state index >= 15 is 0 Å². The van der Waals surface area contributed by atoms with Gasteiger partial charge in [0.15, 0.2) is 0 Å². The molecule has 0 aliphatic carbocycles. The fraction of sp³-hybridized carbons (Fsp3) is 0.143. The fourth-order valence-corrected chi connectivity index (χ4v) is 3.55. The van der Waals surface area contributed by atoms with Crippen LogP contribution in [0, 0.1) is 0 Å². The molecule has 0 atom stereocenters. The number of nitrogens with one attached hydrogen (secondary N) is 1. The summed E-state index contributed by atoms with van der Waals surface area (Å²) >= 11 is 0.874. The number of carbonyl (C=O) groups excluding carboxylic acids is 4. The molecule has 1 aliphatic rings. The lowest BCUT2D eigenvalue weighted by atomic mass is 10.1. The van der Waals surface area contributed by atoms with Crippen LogP contribution in [-0.2, 0) is 9.53 Å². The van der Waals surface area contributed by atoms with Gasteiger partial charge in [0.1, 0.15) is 0 Å². The van der Waals surface area contributed by atoms with E-state index in [2.05, 4.69) is 10.1 Å². The molecule has 0 aromatic heterocycles. The van der Waals surface area contributed by atoms with Crippen molar-refractivity contribution in [1.82, 2.24) is 10.2 Å². The molecule has 8 heteroatoms. The maximum Gasteiger partial charge on any atom is 0.337 e. The lowest BCUT2D eigenvalue weighted by molar-refractivity contribution is -0.122. The Morgan fingerprint density at radius 2 is 1.79 bits per heavy atom. The van der Waals surface area contributed by atoms with Gasteiger partial charge in [0.2, 0.25) is 0 Å². The van der Waals surface area contributed by atoms with Crippen molar-refractivity contribution in [1.29, 1.82) is 0 Å². The first kappa shape index (κ1) is 20.3. The molecule has 3 amide bonds. The predicted molar refractivity (Wildman–Crippen MR) is 109 cm³/mol. The minimum atomic E-state index is -0.539. The van der Waals surface area contributed by atoms with Crippen molar-refractivity contribution in [3.63, 3.8) is 0 Å². The van der Waals surface area contributed by atoms with Crippen LogP contribution in [0.5, 0.6) is 0 Å². The summed E-state index contributed by atoms with van der Waals surface area (Å²) in [7, 11) is 1.26. The molecule has 3 rings (SSSR count). The van der Waals surface area contributed by atoms with Gasteiger partial charge in [0, 0.05) is 18.7 Å². The first-order chi connectivity index (χ1) is 14.0. The molecule has 0 spiro atoms. The van der Waals surface area contributed by atoms with Gasteiger partial charge < -0.3 is 10.1 Å². The average Bonchev–Trinajstić information content (AvgIpc) is 3.01. The molecule has 0 saturated carbocycles. The van der Waals surface area contributed by atoms with Crippen LogP contribution in [0.2, 0.25) is 0 Å². The molecule has 0 radical (unpaired) electrons. The fourth-order valence-electron chi connectivity index (χ4n) is 2.68. The van der Waals surface area contributed by atoms with Crippen LogP contribution in [0.25, 0.3) is 6.08 Å². The Kier molecular flexibility index (Phi) is 6.46. The van der Waals surface area contributed by atoms with Gasteiger partial charge in [-0.3, -0.25) is 19.3 Å². The first-order valence-corrected chi connectivity index (χ1v) is 9.58. The van der Waals surface area contributed by atoms with E-state index in [4.69, 9.17) is 0 Å². The maximum absolute atomic E-state index is 12.5. The number of rotatable bonds is 6. The van der Waals surface area contributed by atoms with E-state index in [1.807, 2.05) is 30.3 Å². The Balaban J connectivity index is 1.58. The topological polar surface area (TPSA) is 92.8 Å². The van der Waals surface area contributed by atoms with Gasteiger partial charge in [0.25, 0.3) is 17.1 Å². The van der Waals surface area contributed by atoms with Gasteiger partial charge in [-0.1, -0.05) is 36.4 Å². The number of hydrogen-bond donors (Lipinski definition) is 1. The summed E-state index contributed by atoms with van der Waals surface area (Å²) in [6.07, 6.45) is 1.67. The molecule has 1 fully saturated rings. The number of nitrogens with zero attached hydrogens (tertiary/aromatic N) is 1. The summed E-state index contributed by atoms with van der Waals surface area (Å²) in [5.41, 5.74) is 1.37. The molecule has 2 aromatic rings. The van der Waals surface area contributed by atoms with Crippen molar-refractivity contribution < 1.29 is 23.9 Å². The standard InChI is InChI=1S/C21H18N2O5S/c1-28-20(26)16-9-5-8-15(13-16)18(24)22-10-11-23-19(25)17(29-21(23)27)12-14-6-3-2-4-7-14/h2-9,12-13H,10-11H2,1H3,(H,22,24)/b17-12-. The molecular weight excluding hydrogens is 392 g/mol. The number of amides is 3. The number of imide groups is 1. The van der Waals surface area contributed by atoms with E-state index < -0.39 is 11.9 Å². The molecular formula is C21H18N2O5S. The highest BCUT2D eigenvalue weighted by atomic mass is 32.2. The van der Waals surface area contributed by atoms with Gasteiger partial charge in [-0.05, 0) is 41.6 Å². The first-order valence-electron chi connectivity index (χ1n) is 8.76. The van der Waals surface area contributed by atoms with Crippen molar-refractivity contribution in [2.75, 3.05) is 20.2 Å². The predicted octanol–water partition coefficient (Wildman–Crippen LogP) is 2.94. The van der Waals surface area contributed by atoms with Crippen LogP contribution >= 0.6 is 11.8 Å². The molecule has 7 nitrogen and oxygen atoms in total. The van der Waals surface area contributed by atoms with Gasteiger partial charge in [-0.15, -0.1) is 0 Å². The third kappa shape index (κ3) is 4.91. The molecule has 29 heavy (non-hydrogen) atoms. The molecule has 1 aliphatic heterocycles. The third-order valence-electron chi connectivity index (χ3n) is 4.14. The highest BCUT2D eigenvalue weighted by molar-refractivity contribution is 8.18. The normalized spacial score (nSPS) is 14.9. The summed E-state index contributed by atoms with van der Waals surface area (Å²) in [6.45, 7) is 0.150. The summed E-state index contributed by atoms with van der Waals surface area (Å²) in [5.74, 6) is -1.34. The number of esters is 1. The van der Waals surface area contributed by atoms with Crippen molar-refractivity contribution in [2.45, 2.75) is 0 Å². The third-order valence-corrected chi connectivity index (χ3v) is 5.05. The highest BCUT2D eigenvalue weighted by Gasteiger charge is 2.34. The largest absolute Gasteiger partial charge is 0.465 e. The van der Waals surface area contributed by atoms with Crippen molar-refractivity contribution in [2.24, 2.45) is 0 Å². The van der Waals surface area contributed by atoms with Crippen molar-refractivity contribution in [3.8, 4) is 0 Å². The van der Waals surface area contributed by atoms with E-state index in [-0.39, 0.29) is 35.4 Å². The van der Waals surface area contributed by atoms with Gasteiger partial charge in [0.05, 0.1) is 17.6 Å². The van der Waals surface area contributed by atoms with Gasteiger partial charge >= 0.3 is 5.97 Å². The lowest BCUT2D eigenvalue weighted by Crippen LogP contribution is -2.37. The number of carbonyl (C=O) groups is 4. The van der Waals surface area contributed by atoms with Gasteiger partial charge in [-0.25, -0.2) is 4.79 Å². The Morgan fingerprint density at radius 3 is 2.52 bits per heavy atom. The Bertz CT molecular complexity index is 988. The summed E-state index contributed by atoms with van der Waals surface area (Å²) in [6, 6.07) is 15.4. The molecule has 2 aromatic carbocycles. The van der Waals surface area contributed by atoms with E-state index in [9.17, 15) is 19.2 Å². The Labute approximate surface area is 171 Å². The molecule has 0 bridgehead atoms. The summed E-state index contributed by atoms with van der Waals surface area (Å²) in [4.78, 5) is 49.9. The van der Waals surface area contributed by atoms with E-state index in [1.54, 1.807) is 24.3 Å². The number of methoxy groups -OCH3 is 1. The maximum atomic E-state index is 12.5.